The van der Waals surface area contributed by atoms with E-state index in [0.29, 0.717) is 23.9 Å². The van der Waals surface area contributed by atoms with Gasteiger partial charge in [-0.2, -0.15) is 0 Å². The van der Waals surface area contributed by atoms with Crippen LogP contribution in [0, 0.1) is 5.92 Å². The molecule has 1 aromatic heterocycles. The van der Waals surface area contributed by atoms with Gasteiger partial charge in [-0.05, 0) is 41.1 Å². The van der Waals surface area contributed by atoms with E-state index >= 15 is 0 Å². The van der Waals surface area contributed by atoms with E-state index in [2.05, 4.69) is 19.2 Å². The topological polar surface area (TPSA) is 78.8 Å². The van der Waals surface area contributed by atoms with Crippen LogP contribution < -0.4 is 10.1 Å². The molecule has 0 atom stereocenters. The molecule has 3 rings (SSSR count). The molecule has 6 heteroatoms. The lowest BCUT2D eigenvalue weighted by atomic mass is 10.2. The van der Waals surface area contributed by atoms with Gasteiger partial charge in [0.2, 0.25) is 0 Å². The monoisotopic (exact) mass is 371 g/mol. The van der Waals surface area contributed by atoms with E-state index in [1.54, 1.807) is 6.07 Å². The Kier molecular flexibility index (Phi) is 5.32. The second-order valence-corrected chi connectivity index (χ2v) is 7.60. The Balaban J connectivity index is 1.61. The molecule has 2 aromatic carbocycles. The van der Waals surface area contributed by atoms with Crippen molar-refractivity contribution in [1.82, 2.24) is 5.32 Å². The number of benzene rings is 2. The molecule has 3 aromatic rings. The largest absolute Gasteiger partial charge is 0.504 e. The maximum atomic E-state index is 12.4. The predicted molar refractivity (Wildman–Crippen MR) is 103 cm³/mol. The van der Waals surface area contributed by atoms with Crippen LogP contribution in [0.2, 0.25) is 0 Å². The zero-order chi connectivity index (χ0) is 18.7. The Morgan fingerprint density at radius 3 is 2.50 bits per heavy atom. The Hall–Kier alpha value is -2.73. The number of aromatic hydroxyl groups is 2. The molecule has 0 fully saturated rings. The maximum Gasteiger partial charge on any atom is 0.261 e. The van der Waals surface area contributed by atoms with Crippen molar-refractivity contribution in [2.45, 2.75) is 20.4 Å². The lowest BCUT2D eigenvalue weighted by Gasteiger charge is -2.09. The predicted octanol–water partition coefficient (Wildman–Crippen LogP) is 4.28. The van der Waals surface area contributed by atoms with Crippen LogP contribution in [-0.4, -0.2) is 22.7 Å². The molecule has 0 unspecified atom stereocenters. The fourth-order valence-electron chi connectivity index (χ4n) is 2.41. The molecule has 0 aliphatic rings. The zero-order valence-electron chi connectivity index (χ0n) is 14.7. The standard InChI is InChI=1S/C20H21NO4S/c1-12(2)11-25-15-5-3-13(4-6-15)10-21-20(24)19-8-14-7-16(22)17(23)9-18(14)26-19/h3-9,12,22-23H,10-11H2,1-2H3,(H,21,24). The van der Waals surface area contributed by atoms with Crippen molar-refractivity contribution in [2.24, 2.45) is 5.92 Å². The second-order valence-electron chi connectivity index (χ2n) is 6.52. The summed E-state index contributed by atoms with van der Waals surface area (Å²) in [5.74, 6) is 0.718. The lowest BCUT2D eigenvalue weighted by molar-refractivity contribution is 0.0955. The summed E-state index contributed by atoms with van der Waals surface area (Å²) in [6, 6.07) is 12.3. The molecule has 3 N–H and O–H groups in total. The van der Waals surface area contributed by atoms with Gasteiger partial charge in [0.1, 0.15) is 5.75 Å². The molecule has 136 valence electrons. The number of amides is 1. The number of hydrogen-bond donors (Lipinski definition) is 3. The second kappa shape index (κ2) is 7.66. The molecule has 26 heavy (non-hydrogen) atoms. The van der Waals surface area contributed by atoms with Gasteiger partial charge >= 0.3 is 0 Å². The van der Waals surface area contributed by atoms with Crippen LogP contribution in [-0.2, 0) is 6.54 Å². The highest BCUT2D eigenvalue weighted by atomic mass is 32.1. The molecule has 0 saturated heterocycles. The summed E-state index contributed by atoms with van der Waals surface area (Å²) in [7, 11) is 0. The first kappa shape index (κ1) is 18.1. The van der Waals surface area contributed by atoms with Gasteiger partial charge < -0.3 is 20.3 Å². The van der Waals surface area contributed by atoms with Gasteiger partial charge in [-0.3, -0.25) is 4.79 Å². The van der Waals surface area contributed by atoms with E-state index in [-0.39, 0.29) is 17.4 Å². The third-order valence-electron chi connectivity index (χ3n) is 3.80. The first-order valence-corrected chi connectivity index (χ1v) is 9.19. The van der Waals surface area contributed by atoms with E-state index in [0.717, 1.165) is 21.4 Å². The van der Waals surface area contributed by atoms with E-state index in [9.17, 15) is 15.0 Å². The summed E-state index contributed by atoms with van der Waals surface area (Å²) in [6.45, 7) is 5.28. The van der Waals surface area contributed by atoms with Crippen molar-refractivity contribution in [3.05, 3.63) is 52.9 Å². The highest BCUT2D eigenvalue weighted by Crippen LogP contribution is 2.34. The van der Waals surface area contributed by atoms with Crippen molar-refractivity contribution >= 4 is 27.3 Å². The van der Waals surface area contributed by atoms with E-state index in [1.165, 1.54) is 23.5 Å². The average Bonchev–Trinajstić information content (AvgIpc) is 3.02. The van der Waals surface area contributed by atoms with Crippen molar-refractivity contribution < 1.29 is 19.7 Å². The minimum atomic E-state index is -0.193. The van der Waals surface area contributed by atoms with Gasteiger partial charge in [-0.1, -0.05) is 26.0 Å². The van der Waals surface area contributed by atoms with Crippen LogP contribution in [0.25, 0.3) is 10.1 Å². The molecule has 5 nitrogen and oxygen atoms in total. The number of fused-ring (bicyclic) bond motifs is 1. The number of ether oxygens (including phenoxy) is 1. The van der Waals surface area contributed by atoms with E-state index < -0.39 is 0 Å². The molecule has 0 radical (unpaired) electrons. The number of thiophene rings is 1. The lowest BCUT2D eigenvalue weighted by Crippen LogP contribution is -2.21. The summed E-state index contributed by atoms with van der Waals surface area (Å²) in [4.78, 5) is 12.9. The van der Waals surface area contributed by atoms with Gasteiger partial charge in [-0.15, -0.1) is 11.3 Å². The highest BCUT2D eigenvalue weighted by molar-refractivity contribution is 7.20. The summed E-state index contributed by atoms with van der Waals surface area (Å²) in [6.07, 6.45) is 0. The quantitative estimate of drug-likeness (QED) is 0.565. The normalized spacial score (nSPS) is 11.0. The van der Waals surface area contributed by atoms with Crippen molar-refractivity contribution in [3.8, 4) is 17.2 Å². The molecule has 1 amide bonds. The molecule has 0 aliphatic carbocycles. The maximum absolute atomic E-state index is 12.4. The molecular weight excluding hydrogens is 350 g/mol. The summed E-state index contributed by atoms with van der Waals surface area (Å²) < 4.78 is 6.39. The number of carbonyl (C=O) groups excluding carboxylic acids is 1. The third-order valence-corrected chi connectivity index (χ3v) is 4.89. The van der Waals surface area contributed by atoms with Crippen LogP contribution in [0.3, 0.4) is 0 Å². The first-order valence-electron chi connectivity index (χ1n) is 8.38. The average molecular weight is 371 g/mol. The third kappa shape index (κ3) is 4.26. The van der Waals surface area contributed by atoms with Crippen molar-refractivity contribution in [2.75, 3.05) is 6.61 Å². The minimum Gasteiger partial charge on any atom is -0.504 e. The van der Waals surface area contributed by atoms with Gasteiger partial charge in [0, 0.05) is 17.3 Å². The van der Waals surface area contributed by atoms with Crippen molar-refractivity contribution in [1.29, 1.82) is 0 Å². The van der Waals surface area contributed by atoms with Gasteiger partial charge in [0.05, 0.1) is 11.5 Å². The number of nitrogens with one attached hydrogen (secondary N) is 1. The van der Waals surface area contributed by atoms with Crippen LogP contribution in [0.1, 0.15) is 29.1 Å². The summed E-state index contributed by atoms with van der Waals surface area (Å²) >= 11 is 1.27. The molecule has 0 bridgehead atoms. The fourth-order valence-corrected chi connectivity index (χ4v) is 3.41. The number of rotatable bonds is 6. The zero-order valence-corrected chi connectivity index (χ0v) is 15.5. The molecule has 0 saturated carbocycles. The minimum absolute atomic E-state index is 0.189. The highest BCUT2D eigenvalue weighted by Gasteiger charge is 2.12. The Bertz CT molecular complexity index is 876. The molecule has 1 heterocycles. The Morgan fingerprint density at radius 2 is 1.81 bits per heavy atom. The molecular formula is C20H21NO4S. The molecule has 0 aliphatic heterocycles. The van der Waals surface area contributed by atoms with Crippen LogP contribution >= 0.6 is 11.3 Å². The smallest absolute Gasteiger partial charge is 0.261 e. The Labute approximate surface area is 155 Å². The summed E-state index contributed by atoms with van der Waals surface area (Å²) in [5, 5.41) is 22.7. The number of carbonyl (C=O) groups is 1. The number of phenols is 2. The van der Waals surface area contributed by atoms with Crippen LogP contribution in [0.4, 0.5) is 0 Å². The number of hydrogen-bond acceptors (Lipinski definition) is 5. The Morgan fingerprint density at radius 1 is 1.12 bits per heavy atom. The first-order chi connectivity index (χ1) is 12.4. The number of phenolic OH excluding ortho intramolecular Hbond substituents is 2. The summed E-state index contributed by atoms with van der Waals surface area (Å²) in [5.41, 5.74) is 0.978. The van der Waals surface area contributed by atoms with E-state index in [1.807, 2.05) is 24.3 Å². The van der Waals surface area contributed by atoms with Crippen LogP contribution in [0.15, 0.2) is 42.5 Å². The van der Waals surface area contributed by atoms with Crippen molar-refractivity contribution in [3.63, 3.8) is 0 Å². The van der Waals surface area contributed by atoms with Gasteiger partial charge in [-0.25, -0.2) is 0 Å². The SMILES string of the molecule is CC(C)COc1ccc(CNC(=O)c2cc3cc(O)c(O)cc3s2)cc1. The molecule has 0 spiro atoms. The van der Waals surface area contributed by atoms with Gasteiger partial charge in [0.25, 0.3) is 5.91 Å². The fraction of sp³-hybridized carbons (Fsp3) is 0.250. The van der Waals surface area contributed by atoms with E-state index in [4.69, 9.17) is 4.74 Å². The van der Waals surface area contributed by atoms with Gasteiger partial charge in [0.15, 0.2) is 11.5 Å². The van der Waals surface area contributed by atoms with Crippen LogP contribution in [0.5, 0.6) is 17.2 Å².